The molecule has 0 saturated carbocycles. The monoisotopic (exact) mass is 855 g/mol. The van der Waals surface area contributed by atoms with Crippen LogP contribution in [0.2, 0.25) is 0 Å². The van der Waals surface area contributed by atoms with Gasteiger partial charge in [-0.3, -0.25) is 0 Å². The Morgan fingerprint density at radius 1 is 0.672 bits per heavy atom. The van der Waals surface area contributed by atoms with Crippen molar-refractivity contribution in [2.45, 2.75) is 97.1 Å². The minimum Gasteiger partial charge on any atom is -0.356 e. The first-order chi connectivity index (χ1) is 29.1. The lowest BCUT2D eigenvalue weighted by Gasteiger charge is -2.28. The molecule has 2 aromatic carbocycles. The summed E-state index contributed by atoms with van der Waals surface area (Å²) in [6, 6.07) is 15.3. The summed E-state index contributed by atoms with van der Waals surface area (Å²) in [4.78, 5) is 12.8. The van der Waals surface area contributed by atoms with Gasteiger partial charge in [0, 0.05) is 46.5 Å². The summed E-state index contributed by atoms with van der Waals surface area (Å²) in [6.07, 6.45) is 13.3. The first kappa shape index (κ1) is 42.0. The first-order valence-electron chi connectivity index (χ1n) is 20.9. The molecule has 2 N–H and O–H groups in total. The number of aliphatic imine (C=N–C) groups is 1. The molecule has 316 valence electrons. The van der Waals surface area contributed by atoms with Crippen molar-refractivity contribution in [1.29, 1.82) is 0 Å². The number of hydrogen-bond donors (Lipinski definition) is 2. The van der Waals surface area contributed by atoms with Crippen molar-refractivity contribution < 1.29 is 21.6 Å². The number of hydrogen-bond acceptors (Lipinski definition) is 6. The zero-order valence-electron chi connectivity index (χ0n) is 36.3. The van der Waals surface area contributed by atoms with Crippen LogP contribution in [0.15, 0.2) is 104 Å². The molecule has 0 spiro atoms. The predicted molar refractivity (Wildman–Crippen MR) is 245 cm³/mol. The van der Waals surface area contributed by atoms with Crippen LogP contribution in [0.3, 0.4) is 0 Å². The van der Waals surface area contributed by atoms with Crippen molar-refractivity contribution in [2.24, 2.45) is 4.99 Å². The number of aryl methyl sites for hydroxylation is 2. The van der Waals surface area contributed by atoms with E-state index < -0.39 is 26.3 Å². The van der Waals surface area contributed by atoms with Gasteiger partial charge in [0.05, 0.1) is 32.6 Å². The van der Waals surface area contributed by atoms with Gasteiger partial charge >= 0.3 is 0 Å². The molecule has 10 bridgehead atoms. The van der Waals surface area contributed by atoms with Gasteiger partial charge in [-0.25, -0.2) is 30.1 Å². The van der Waals surface area contributed by atoms with Crippen molar-refractivity contribution in [3.05, 3.63) is 156 Å². The van der Waals surface area contributed by atoms with Gasteiger partial charge in [0.1, 0.15) is 0 Å². The maximum atomic E-state index is 14.9. The van der Waals surface area contributed by atoms with Gasteiger partial charge in [-0.1, -0.05) is 63.1 Å². The molecule has 10 nitrogen and oxygen atoms in total. The lowest BCUT2D eigenvalue weighted by atomic mass is 10.0. The summed E-state index contributed by atoms with van der Waals surface area (Å²) in [7, 11) is -6.91. The minimum absolute atomic E-state index is 0.105. The Bertz CT molecular complexity index is 3110. The second kappa shape index (κ2) is 16.0. The van der Waals surface area contributed by atoms with Crippen molar-refractivity contribution in [2.75, 3.05) is 7.11 Å². The molecule has 1 atom stereocenters. The van der Waals surface area contributed by atoms with Gasteiger partial charge in [-0.2, -0.15) is 0 Å². The van der Waals surface area contributed by atoms with Crippen LogP contribution in [-0.4, -0.2) is 54.1 Å². The van der Waals surface area contributed by atoms with E-state index in [1.807, 2.05) is 32.9 Å². The smallest absolute Gasteiger partial charge is 0.268 e. The number of H-pyrrole nitrogens is 2. The van der Waals surface area contributed by atoms with Crippen LogP contribution in [0.1, 0.15) is 97.1 Å². The van der Waals surface area contributed by atoms with Gasteiger partial charge in [0.25, 0.3) is 20.0 Å². The molecule has 8 rings (SSSR count). The number of aromatic nitrogens is 3. The largest absolute Gasteiger partial charge is 0.356 e. The number of nitrogens with zero attached hydrogens (tertiary/aromatic N) is 3. The number of rotatable bonds is 9. The number of nitrogens with one attached hydrogen (secondary N) is 2. The summed E-state index contributed by atoms with van der Waals surface area (Å²) in [5, 5.41) is 1.99. The summed E-state index contributed by atoms with van der Waals surface area (Å²) in [6.45, 7) is 16.5. The Kier molecular flexibility index (Phi) is 11.0. The number of methoxy groups -OCH3 is 1. The minimum atomic E-state index is -4.22. The van der Waals surface area contributed by atoms with Crippen molar-refractivity contribution in [3.63, 3.8) is 0 Å². The summed E-state index contributed by atoms with van der Waals surface area (Å²) >= 11 is 0. The second-order valence-corrected chi connectivity index (χ2v) is 19.6. The highest BCUT2D eigenvalue weighted by Crippen LogP contribution is 2.41. The average Bonchev–Trinajstić information content (AvgIpc) is 4.04. The Balaban J connectivity index is 1.48. The topological polar surface area (TPSA) is 130 Å². The number of ether oxygens (including phenoxy) is 1. The van der Waals surface area contributed by atoms with E-state index in [0.717, 1.165) is 86.9 Å². The summed E-state index contributed by atoms with van der Waals surface area (Å²) < 4.78 is 67.8. The number of benzene rings is 2. The molecule has 0 saturated heterocycles. The summed E-state index contributed by atoms with van der Waals surface area (Å²) in [5.41, 5.74) is 13.3. The molecule has 0 aliphatic carbocycles. The standard InChI is InChI=1S/C49H53N5O5S2/c1-10-38-31(7)43-24-34-22-33(28-53(34)60(55,56)36-18-14-29(5)15-19-36)42-23-35(54(49(42)59-9)61(57,58)37-20-16-30(6)17-21-37)25-44-32(8)39(11-2)46(51-44)27-48-41(13-4)40(12-3)47(52-48)26-45(38)50-43/h14-28,49,51-52H,10-13H2,1-9H3. The average molecular weight is 856 g/mol. The van der Waals surface area contributed by atoms with Crippen molar-refractivity contribution in [3.8, 4) is 0 Å². The third-order valence-electron chi connectivity index (χ3n) is 12.2. The van der Waals surface area contributed by atoms with Crippen LogP contribution in [0, 0.1) is 20.8 Å². The zero-order chi connectivity index (χ0) is 43.5. The lowest BCUT2D eigenvalue weighted by Crippen LogP contribution is -2.37. The van der Waals surface area contributed by atoms with Crippen LogP contribution in [0.5, 0.6) is 0 Å². The molecule has 12 heteroatoms. The number of fused-ring (bicyclic) bond motifs is 9. The quantitative estimate of drug-likeness (QED) is 0.154. The Labute approximate surface area is 359 Å². The van der Waals surface area contributed by atoms with E-state index in [1.165, 1.54) is 26.5 Å². The molecule has 3 aromatic heterocycles. The highest BCUT2D eigenvalue weighted by atomic mass is 32.2. The molecule has 5 aromatic rings. The summed E-state index contributed by atoms with van der Waals surface area (Å²) in [5.74, 6) is 0. The van der Waals surface area contributed by atoms with Crippen LogP contribution < -0.4 is 10.7 Å². The zero-order valence-corrected chi connectivity index (χ0v) is 37.9. The van der Waals surface area contributed by atoms with Crippen molar-refractivity contribution >= 4 is 55.6 Å². The third kappa shape index (κ3) is 7.14. The Morgan fingerprint density at radius 2 is 1.26 bits per heavy atom. The fraction of sp³-hybridized carbons (Fsp3) is 0.286. The van der Waals surface area contributed by atoms with E-state index in [4.69, 9.17) is 9.73 Å². The molecular formula is C49H53N5O5S2. The van der Waals surface area contributed by atoms with Gasteiger partial charge in [0.15, 0.2) is 6.23 Å². The maximum Gasteiger partial charge on any atom is 0.268 e. The molecular weight excluding hydrogens is 803 g/mol. The fourth-order valence-corrected chi connectivity index (χ4v) is 11.8. The predicted octanol–water partition coefficient (Wildman–Crippen LogP) is 8.24. The number of allylic oxidation sites excluding steroid dienone is 3. The highest BCUT2D eigenvalue weighted by molar-refractivity contribution is 7.90. The van der Waals surface area contributed by atoms with Gasteiger partial charge in [-0.15, -0.1) is 0 Å². The molecule has 0 radical (unpaired) electrons. The van der Waals surface area contributed by atoms with Crippen LogP contribution in [0.4, 0.5) is 0 Å². The molecule has 61 heavy (non-hydrogen) atoms. The van der Waals surface area contributed by atoms with E-state index >= 15 is 0 Å². The molecule has 3 aliphatic rings. The third-order valence-corrected chi connectivity index (χ3v) is 15.7. The second-order valence-electron chi connectivity index (χ2n) is 15.9. The SMILES string of the molecule is CCC1=C(C)C2=Cc3cc(cn3S(=O)(=O)c3ccc(C)cc3)C3=CC(=Cc4[nH]c(c(CC)c4C)C=c4[nH]c(c(CC)c4CC)=CC1=N2)N(S(=O)(=O)c1ccc(C)cc1)C3OC. The first-order valence-corrected chi connectivity index (χ1v) is 23.8. The van der Waals surface area contributed by atoms with E-state index in [-0.39, 0.29) is 9.79 Å². The fourth-order valence-electron chi connectivity index (χ4n) is 8.93. The molecule has 1 unspecified atom stereocenters. The van der Waals surface area contributed by atoms with Crippen LogP contribution in [-0.2, 0) is 44.0 Å². The van der Waals surface area contributed by atoms with Crippen LogP contribution in [0.25, 0.3) is 29.9 Å². The molecule has 0 amide bonds. The molecule has 3 aliphatic heterocycles. The lowest BCUT2D eigenvalue weighted by molar-refractivity contribution is 0.0853. The molecule has 6 heterocycles. The number of sulfonamides is 1. The van der Waals surface area contributed by atoms with Gasteiger partial charge in [0.2, 0.25) is 0 Å². The molecule has 0 fully saturated rings. The van der Waals surface area contributed by atoms with Gasteiger partial charge in [-0.05, 0) is 147 Å². The highest BCUT2D eigenvalue weighted by Gasteiger charge is 2.41. The normalized spacial score (nSPS) is 16.6. The number of aromatic amines is 2. The van der Waals surface area contributed by atoms with Gasteiger partial charge < -0.3 is 14.7 Å². The van der Waals surface area contributed by atoms with E-state index in [1.54, 1.807) is 66.9 Å². The maximum absolute atomic E-state index is 14.9. The van der Waals surface area contributed by atoms with E-state index in [2.05, 4.69) is 56.7 Å². The van der Waals surface area contributed by atoms with E-state index in [9.17, 15) is 16.8 Å². The van der Waals surface area contributed by atoms with Crippen molar-refractivity contribution in [1.82, 2.24) is 18.2 Å². The van der Waals surface area contributed by atoms with Crippen LogP contribution >= 0.6 is 0 Å². The van der Waals surface area contributed by atoms with E-state index in [0.29, 0.717) is 28.2 Å². The Hall–Kier alpha value is -5.69. The Morgan fingerprint density at radius 3 is 1.84 bits per heavy atom.